The minimum Gasteiger partial charge on any atom is -0.383 e. The summed E-state index contributed by atoms with van der Waals surface area (Å²) in [6.07, 6.45) is -2.66. The number of hydrogen-bond donors (Lipinski definition) is 0. The monoisotopic (exact) mass is 473 g/mol. The number of amides is 1. The second-order valence-corrected chi connectivity index (χ2v) is 8.67. The van der Waals surface area contributed by atoms with Crippen molar-refractivity contribution in [3.63, 3.8) is 0 Å². The molecule has 0 unspecified atom stereocenters. The van der Waals surface area contributed by atoms with E-state index in [9.17, 15) is 26.4 Å². The van der Waals surface area contributed by atoms with Gasteiger partial charge in [-0.1, -0.05) is 31.5 Å². The summed E-state index contributed by atoms with van der Waals surface area (Å²) in [5, 5.41) is 0. The van der Waals surface area contributed by atoms with Gasteiger partial charge >= 0.3 is 16.3 Å². The van der Waals surface area contributed by atoms with Crippen molar-refractivity contribution in [2.45, 2.75) is 43.8 Å². The Morgan fingerprint density at radius 3 is 2.47 bits per heavy atom. The van der Waals surface area contributed by atoms with Gasteiger partial charge in [0.25, 0.3) is 0 Å². The van der Waals surface area contributed by atoms with Gasteiger partial charge in [0.1, 0.15) is 10.6 Å². The minimum atomic E-state index is -4.68. The highest BCUT2D eigenvalue weighted by Gasteiger charge is 2.32. The van der Waals surface area contributed by atoms with Crippen LogP contribution in [0.5, 0.6) is 5.75 Å². The molecule has 0 bridgehead atoms. The van der Waals surface area contributed by atoms with Crippen molar-refractivity contribution in [3.8, 4) is 5.75 Å². The van der Waals surface area contributed by atoms with E-state index in [4.69, 9.17) is 8.92 Å². The predicted molar refractivity (Wildman–Crippen MR) is 113 cm³/mol. The molecule has 0 atom stereocenters. The van der Waals surface area contributed by atoms with Gasteiger partial charge < -0.3 is 13.8 Å². The molecule has 2 rings (SSSR count). The van der Waals surface area contributed by atoms with E-state index in [0.717, 1.165) is 31.0 Å². The Labute approximate surface area is 186 Å². The second-order valence-electron chi connectivity index (χ2n) is 7.12. The molecular formula is C22H26F3NO5S. The van der Waals surface area contributed by atoms with Gasteiger partial charge in [0.2, 0.25) is 5.91 Å². The number of carbonyl (C=O) groups is 1. The van der Waals surface area contributed by atoms with E-state index < -0.39 is 26.8 Å². The van der Waals surface area contributed by atoms with Crippen molar-refractivity contribution in [1.29, 1.82) is 0 Å². The zero-order valence-electron chi connectivity index (χ0n) is 17.9. The van der Waals surface area contributed by atoms with E-state index in [2.05, 4.69) is 0 Å². The van der Waals surface area contributed by atoms with Crippen LogP contribution in [0.1, 0.15) is 37.3 Å². The second kappa shape index (κ2) is 11.3. The maximum absolute atomic E-state index is 12.9. The lowest BCUT2D eigenvalue weighted by Crippen LogP contribution is -2.33. The van der Waals surface area contributed by atoms with E-state index in [1.54, 1.807) is 17.0 Å². The van der Waals surface area contributed by atoms with Gasteiger partial charge in [-0.05, 0) is 42.3 Å². The number of methoxy groups -OCH3 is 1. The van der Waals surface area contributed by atoms with Crippen LogP contribution in [-0.2, 0) is 32.4 Å². The van der Waals surface area contributed by atoms with Crippen LogP contribution >= 0.6 is 0 Å². The molecule has 10 heteroatoms. The first kappa shape index (κ1) is 25.7. The molecule has 0 aliphatic rings. The summed E-state index contributed by atoms with van der Waals surface area (Å²) in [6, 6.07) is 9.43. The van der Waals surface area contributed by atoms with Crippen LogP contribution in [0.15, 0.2) is 53.4 Å². The van der Waals surface area contributed by atoms with Crippen molar-refractivity contribution in [3.05, 3.63) is 59.7 Å². The van der Waals surface area contributed by atoms with Crippen molar-refractivity contribution in [1.82, 2.24) is 4.90 Å². The molecule has 0 fully saturated rings. The molecule has 176 valence electrons. The highest BCUT2D eigenvalue weighted by Crippen LogP contribution is 2.31. The normalized spacial score (nSPS) is 11.9. The number of unbranched alkanes of at least 4 members (excludes halogenated alkanes) is 1. The number of nitrogens with zero attached hydrogens (tertiary/aromatic N) is 1. The van der Waals surface area contributed by atoms with Crippen LogP contribution in [0.4, 0.5) is 13.2 Å². The summed E-state index contributed by atoms with van der Waals surface area (Å²) in [6.45, 7) is 2.91. The summed E-state index contributed by atoms with van der Waals surface area (Å²) >= 11 is 0. The van der Waals surface area contributed by atoms with Gasteiger partial charge in [0.05, 0.1) is 12.2 Å². The third-order valence-electron chi connectivity index (χ3n) is 4.59. The molecule has 0 heterocycles. The molecule has 6 nitrogen and oxygen atoms in total. The summed E-state index contributed by atoms with van der Waals surface area (Å²) in [5.41, 5.74) is -0.474. The summed E-state index contributed by atoms with van der Waals surface area (Å²) < 4.78 is 73.9. The molecule has 0 aliphatic carbocycles. The molecular weight excluding hydrogens is 447 g/mol. The Morgan fingerprint density at radius 2 is 1.81 bits per heavy atom. The fourth-order valence-electron chi connectivity index (χ4n) is 2.90. The van der Waals surface area contributed by atoms with Crippen LogP contribution in [0.2, 0.25) is 0 Å². The third-order valence-corrected chi connectivity index (χ3v) is 5.83. The molecule has 0 saturated carbocycles. The van der Waals surface area contributed by atoms with Gasteiger partial charge in [-0.15, -0.1) is 0 Å². The molecule has 0 spiro atoms. The molecule has 1 amide bonds. The van der Waals surface area contributed by atoms with Crippen molar-refractivity contribution in [2.24, 2.45) is 0 Å². The van der Waals surface area contributed by atoms with Crippen molar-refractivity contribution >= 4 is 16.0 Å². The number of halogens is 3. The molecule has 2 aromatic carbocycles. The first-order valence-corrected chi connectivity index (χ1v) is 11.4. The number of carbonyl (C=O) groups excluding carboxylic acids is 1. The molecule has 0 radical (unpaired) electrons. The number of hydrogen-bond acceptors (Lipinski definition) is 5. The van der Waals surface area contributed by atoms with Gasteiger partial charge in [-0.3, -0.25) is 4.79 Å². The molecule has 0 aliphatic heterocycles. The van der Waals surface area contributed by atoms with E-state index in [0.29, 0.717) is 31.2 Å². The first-order chi connectivity index (χ1) is 15.1. The average Bonchev–Trinajstić information content (AvgIpc) is 2.74. The topological polar surface area (TPSA) is 72.9 Å². The SMILES string of the molecule is CCCCC(=O)N(CCOC)Cc1cccc(OS(=O)(=O)c2cccc(C(F)(F)F)c2)c1. The summed E-state index contributed by atoms with van der Waals surface area (Å²) in [4.78, 5) is 13.5. The number of benzene rings is 2. The molecule has 0 aromatic heterocycles. The third kappa shape index (κ3) is 7.52. The lowest BCUT2D eigenvalue weighted by Gasteiger charge is -2.23. The molecule has 2 aromatic rings. The fraction of sp³-hybridized carbons (Fsp3) is 0.409. The largest absolute Gasteiger partial charge is 0.416 e. The highest BCUT2D eigenvalue weighted by molar-refractivity contribution is 7.87. The van der Waals surface area contributed by atoms with Crippen molar-refractivity contribution in [2.75, 3.05) is 20.3 Å². The summed E-state index contributed by atoms with van der Waals surface area (Å²) in [5.74, 6) is -0.112. The number of rotatable bonds is 11. The Kier molecular flexibility index (Phi) is 9.09. The van der Waals surface area contributed by atoms with Crippen LogP contribution in [-0.4, -0.2) is 39.5 Å². The molecule has 0 N–H and O–H groups in total. The van der Waals surface area contributed by atoms with Gasteiger partial charge in [0, 0.05) is 26.6 Å². The predicted octanol–water partition coefficient (Wildman–Crippen LogP) is 4.64. The molecule has 0 saturated heterocycles. The van der Waals surface area contributed by atoms with Gasteiger partial charge in [-0.2, -0.15) is 21.6 Å². The van der Waals surface area contributed by atoms with Gasteiger partial charge in [-0.25, -0.2) is 0 Å². The maximum atomic E-state index is 12.9. The minimum absolute atomic E-state index is 0.0493. The lowest BCUT2D eigenvalue weighted by molar-refractivity contribution is -0.137. The molecule has 32 heavy (non-hydrogen) atoms. The zero-order chi connectivity index (χ0) is 23.8. The van der Waals surface area contributed by atoms with Crippen LogP contribution in [0.25, 0.3) is 0 Å². The zero-order valence-corrected chi connectivity index (χ0v) is 18.7. The average molecular weight is 474 g/mol. The Balaban J connectivity index is 2.20. The fourth-order valence-corrected chi connectivity index (χ4v) is 3.87. The van der Waals surface area contributed by atoms with E-state index in [1.807, 2.05) is 6.92 Å². The quantitative estimate of drug-likeness (QED) is 0.445. The smallest absolute Gasteiger partial charge is 0.383 e. The van der Waals surface area contributed by atoms with E-state index >= 15 is 0 Å². The van der Waals surface area contributed by atoms with Crippen molar-refractivity contribution < 1.29 is 35.3 Å². The first-order valence-electron chi connectivity index (χ1n) is 10.0. The number of ether oxygens (including phenoxy) is 1. The lowest BCUT2D eigenvalue weighted by atomic mass is 10.1. The van der Waals surface area contributed by atoms with Gasteiger partial charge in [0.15, 0.2) is 0 Å². The van der Waals surface area contributed by atoms with E-state index in [-0.39, 0.29) is 18.2 Å². The number of alkyl halides is 3. The van der Waals surface area contributed by atoms with E-state index in [1.165, 1.54) is 19.2 Å². The Bertz CT molecular complexity index is 1010. The van der Waals surface area contributed by atoms with Crippen LogP contribution in [0.3, 0.4) is 0 Å². The maximum Gasteiger partial charge on any atom is 0.416 e. The highest BCUT2D eigenvalue weighted by atomic mass is 32.2. The Hall–Kier alpha value is -2.59. The van der Waals surface area contributed by atoms with Crippen LogP contribution < -0.4 is 4.18 Å². The summed E-state index contributed by atoms with van der Waals surface area (Å²) in [7, 11) is -2.95. The van der Waals surface area contributed by atoms with Crippen LogP contribution in [0, 0.1) is 0 Å². The standard InChI is InChI=1S/C22H26F3NO5S/c1-3-4-11-21(27)26(12-13-30-2)16-17-7-5-9-19(14-17)31-32(28,29)20-10-6-8-18(15-20)22(23,24)25/h5-10,14-15H,3-4,11-13,16H2,1-2H3. The Morgan fingerprint density at radius 1 is 1.09 bits per heavy atom.